The Balaban J connectivity index is 2.50. The zero-order chi connectivity index (χ0) is 11.3. The molecule has 1 N–H and O–H groups in total. The second-order valence-corrected chi connectivity index (χ2v) is 3.69. The minimum absolute atomic E-state index is 0.0820. The number of aryl methyl sites for hydroxylation is 1. The molecule has 15 heavy (non-hydrogen) atoms. The monoisotopic (exact) mass is 209 g/mol. The van der Waals surface area contributed by atoms with Crippen molar-refractivity contribution in [3.63, 3.8) is 0 Å². The van der Waals surface area contributed by atoms with Gasteiger partial charge in [0, 0.05) is 26.8 Å². The van der Waals surface area contributed by atoms with Gasteiger partial charge in [0.1, 0.15) is 5.69 Å². The summed E-state index contributed by atoms with van der Waals surface area (Å²) >= 11 is 0. The molecule has 0 unspecified atom stereocenters. The summed E-state index contributed by atoms with van der Waals surface area (Å²) in [5.74, 6) is 0.0820. The van der Waals surface area contributed by atoms with E-state index in [2.05, 4.69) is 5.32 Å². The van der Waals surface area contributed by atoms with Crippen LogP contribution in [0.5, 0.6) is 0 Å². The first-order valence-electron chi connectivity index (χ1n) is 5.18. The molecule has 0 aliphatic rings. The van der Waals surface area contributed by atoms with E-state index in [1.54, 1.807) is 4.90 Å². The van der Waals surface area contributed by atoms with Gasteiger partial charge >= 0.3 is 0 Å². The fourth-order valence-corrected chi connectivity index (χ4v) is 1.47. The summed E-state index contributed by atoms with van der Waals surface area (Å²) in [5.41, 5.74) is 0.738. The number of carbonyl (C=O) groups is 1. The number of nitrogens with one attached hydrogen (secondary N) is 1. The Bertz CT molecular complexity index is 319. The van der Waals surface area contributed by atoms with E-state index in [1.165, 1.54) is 0 Å². The Labute approximate surface area is 90.9 Å². The van der Waals surface area contributed by atoms with Crippen molar-refractivity contribution in [2.24, 2.45) is 7.05 Å². The van der Waals surface area contributed by atoms with Crippen LogP contribution in [0, 0.1) is 0 Å². The first-order valence-corrected chi connectivity index (χ1v) is 5.18. The molecule has 0 aliphatic carbocycles. The van der Waals surface area contributed by atoms with E-state index in [4.69, 9.17) is 0 Å². The van der Waals surface area contributed by atoms with Gasteiger partial charge in [0.15, 0.2) is 0 Å². The molecular weight excluding hydrogens is 190 g/mol. The number of hydrogen-bond donors (Lipinski definition) is 1. The molecule has 0 bridgehead atoms. The van der Waals surface area contributed by atoms with E-state index in [1.807, 2.05) is 44.0 Å². The van der Waals surface area contributed by atoms with Crippen molar-refractivity contribution in [3.8, 4) is 0 Å². The second-order valence-electron chi connectivity index (χ2n) is 3.69. The summed E-state index contributed by atoms with van der Waals surface area (Å²) in [6, 6.07) is 3.73. The molecule has 0 fully saturated rings. The standard InChI is InChI=1S/C11H19N3O/c1-12-7-5-9-14(3)11(15)10-6-4-8-13(10)2/h4,6,8,12H,5,7,9H2,1-3H3. The van der Waals surface area contributed by atoms with Crippen molar-refractivity contribution in [2.45, 2.75) is 6.42 Å². The van der Waals surface area contributed by atoms with E-state index in [-0.39, 0.29) is 5.91 Å². The predicted molar refractivity (Wildman–Crippen MR) is 60.9 cm³/mol. The highest BCUT2D eigenvalue weighted by Gasteiger charge is 2.13. The molecule has 0 saturated carbocycles. The van der Waals surface area contributed by atoms with E-state index in [9.17, 15) is 4.79 Å². The van der Waals surface area contributed by atoms with Gasteiger partial charge in [-0.2, -0.15) is 0 Å². The van der Waals surface area contributed by atoms with Gasteiger partial charge in [0.2, 0.25) is 0 Å². The summed E-state index contributed by atoms with van der Waals surface area (Å²) in [7, 11) is 5.64. The zero-order valence-electron chi connectivity index (χ0n) is 9.66. The lowest BCUT2D eigenvalue weighted by Gasteiger charge is -2.17. The van der Waals surface area contributed by atoms with Crippen LogP contribution in [0.3, 0.4) is 0 Å². The molecule has 4 heteroatoms. The van der Waals surface area contributed by atoms with Gasteiger partial charge in [-0.05, 0) is 32.1 Å². The van der Waals surface area contributed by atoms with Crippen molar-refractivity contribution < 1.29 is 4.79 Å². The fourth-order valence-electron chi connectivity index (χ4n) is 1.47. The molecule has 1 rings (SSSR count). The Kier molecular flexibility index (Phi) is 4.37. The van der Waals surface area contributed by atoms with E-state index in [0.29, 0.717) is 0 Å². The smallest absolute Gasteiger partial charge is 0.270 e. The molecule has 1 aromatic rings. The van der Waals surface area contributed by atoms with Crippen LogP contribution in [0.4, 0.5) is 0 Å². The van der Waals surface area contributed by atoms with E-state index in [0.717, 1.165) is 25.2 Å². The topological polar surface area (TPSA) is 37.3 Å². The van der Waals surface area contributed by atoms with Gasteiger partial charge in [0.05, 0.1) is 0 Å². The molecule has 0 spiro atoms. The van der Waals surface area contributed by atoms with Crippen molar-refractivity contribution >= 4 is 5.91 Å². The van der Waals surface area contributed by atoms with Crippen LogP contribution in [0.15, 0.2) is 18.3 Å². The predicted octanol–water partition coefficient (Wildman–Crippen LogP) is 0.707. The van der Waals surface area contributed by atoms with Crippen LogP contribution in [0.1, 0.15) is 16.9 Å². The third kappa shape index (κ3) is 3.09. The quantitative estimate of drug-likeness (QED) is 0.725. The lowest BCUT2D eigenvalue weighted by molar-refractivity contribution is 0.0784. The summed E-state index contributed by atoms with van der Waals surface area (Å²) in [6.45, 7) is 1.72. The number of nitrogens with zero attached hydrogens (tertiary/aromatic N) is 2. The number of carbonyl (C=O) groups excluding carboxylic acids is 1. The molecular formula is C11H19N3O. The lowest BCUT2D eigenvalue weighted by atomic mass is 10.3. The Morgan fingerprint density at radius 1 is 1.60 bits per heavy atom. The molecule has 1 amide bonds. The summed E-state index contributed by atoms with van der Waals surface area (Å²) in [4.78, 5) is 13.7. The third-order valence-electron chi connectivity index (χ3n) is 2.43. The molecule has 0 saturated heterocycles. The Morgan fingerprint density at radius 2 is 2.33 bits per heavy atom. The average molecular weight is 209 g/mol. The van der Waals surface area contributed by atoms with Crippen molar-refractivity contribution in [2.75, 3.05) is 27.2 Å². The minimum atomic E-state index is 0.0820. The Hall–Kier alpha value is -1.29. The summed E-state index contributed by atoms with van der Waals surface area (Å²) in [5, 5.41) is 3.06. The zero-order valence-corrected chi connectivity index (χ0v) is 9.66. The first kappa shape index (κ1) is 11.8. The molecule has 0 aliphatic heterocycles. The highest BCUT2D eigenvalue weighted by Crippen LogP contribution is 2.03. The van der Waals surface area contributed by atoms with E-state index < -0.39 is 0 Å². The molecule has 1 heterocycles. The molecule has 0 radical (unpaired) electrons. The van der Waals surface area contributed by atoms with Gasteiger partial charge in [-0.15, -0.1) is 0 Å². The maximum Gasteiger partial charge on any atom is 0.270 e. The number of rotatable bonds is 5. The minimum Gasteiger partial charge on any atom is -0.347 e. The normalized spacial score (nSPS) is 10.3. The third-order valence-corrected chi connectivity index (χ3v) is 2.43. The van der Waals surface area contributed by atoms with E-state index >= 15 is 0 Å². The van der Waals surface area contributed by atoms with Gasteiger partial charge < -0.3 is 14.8 Å². The largest absolute Gasteiger partial charge is 0.347 e. The van der Waals surface area contributed by atoms with Crippen molar-refractivity contribution in [1.29, 1.82) is 0 Å². The van der Waals surface area contributed by atoms with Gasteiger partial charge in [-0.25, -0.2) is 0 Å². The molecule has 0 aromatic carbocycles. The van der Waals surface area contributed by atoms with Crippen LogP contribution in [0.2, 0.25) is 0 Å². The molecule has 0 atom stereocenters. The maximum atomic E-state index is 11.9. The van der Waals surface area contributed by atoms with Crippen LogP contribution in [0.25, 0.3) is 0 Å². The van der Waals surface area contributed by atoms with Crippen LogP contribution >= 0.6 is 0 Å². The second kappa shape index (κ2) is 5.56. The highest BCUT2D eigenvalue weighted by atomic mass is 16.2. The number of aromatic nitrogens is 1. The van der Waals surface area contributed by atoms with Gasteiger partial charge in [-0.3, -0.25) is 4.79 Å². The lowest BCUT2D eigenvalue weighted by Crippen LogP contribution is -2.30. The average Bonchev–Trinajstić information content (AvgIpc) is 2.63. The van der Waals surface area contributed by atoms with Crippen molar-refractivity contribution in [1.82, 2.24) is 14.8 Å². The fraction of sp³-hybridized carbons (Fsp3) is 0.545. The van der Waals surface area contributed by atoms with Gasteiger partial charge in [-0.1, -0.05) is 0 Å². The maximum absolute atomic E-state index is 11.9. The van der Waals surface area contributed by atoms with Crippen molar-refractivity contribution in [3.05, 3.63) is 24.0 Å². The van der Waals surface area contributed by atoms with Crippen LogP contribution in [-0.4, -0.2) is 42.6 Å². The molecule has 84 valence electrons. The highest BCUT2D eigenvalue weighted by molar-refractivity contribution is 5.92. The molecule has 1 aromatic heterocycles. The molecule has 4 nitrogen and oxygen atoms in total. The Morgan fingerprint density at radius 3 is 2.87 bits per heavy atom. The summed E-state index contributed by atoms with van der Waals surface area (Å²) < 4.78 is 1.84. The SMILES string of the molecule is CNCCCN(C)C(=O)c1cccn1C. The van der Waals surface area contributed by atoms with Crippen LogP contribution in [-0.2, 0) is 7.05 Å². The van der Waals surface area contributed by atoms with Crippen LogP contribution < -0.4 is 5.32 Å². The summed E-state index contributed by atoms with van der Waals surface area (Å²) in [6.07, 6.45) is 2.86. The first-order chi connectivity index (χ1) is 7.16. The number of hydrogen-bond acceptors (Lipinski definition) is 2. The van der Waals surface area contributed by atoms with Gasteiger partial charge in [0.25, 0.3) is 5.91 Å². The number of amides is 1.